The van der Waals surface area contributed by atoms with E-state index >= 15 is 0 Å². The minimum Gasteiger partial charge on any atom is -0.382 e. The number of aromatic nitrogens is 1. The molecule has 2 N–H and O–H groups in total. The molecule has 1 rings (SSSR count). The fourth-order valence-electron chi connectivity index (χ4n) is 0.604. The maximum Gasteiger partial charge on any atom is 0.417 e. The van der Waals surface area contributed by atoms with Gasteiger partial charge >= 0.3 is 6.18 Å². The number of alkyl halides is 3. The summed E-state index contributed by atoms with van der Waals surface area (Å²) < 4.78 is 35.9. The van der Waals surface area contributed by atoms with Crippen LogP contribution in [0.3, 0.4) is 0 Å². The number of nitrogen functional groups attached to an aromatic ring is 1. The summed E-state index contributed by atoms with van der Waals surface area (Å²) in [6, 6.07) is 0.740. The van der Waals surface area contributed by atoms with Crippen molar-refractivity contribution in [2.45, 2.75) is 20.0 Å². The highest BCUT2D eigenvalue weighted by Gasteiger charge is 2.31. The third-order valence-corrected chi connectivity index (χ3v) is 1.50. The van der Waals surface area contributed by atoms with Gasteiger partial charge in [-0.1, -0.05) is 25.4 Å². The van der Waals surface area contributed by atoms with Gasteiger partial charge in [0, 0.05) is 6.20 Å². The Morgan fingerprint density at radius 3 is 2.21 bits per heavy atom. The number of halogens is 4. The molecule has 0 saturated carbocycles. The Morgan fingerprint density at radius 2 is 1.86 bits per heavy atom. The molecule has 0 fully saturated rings. The quantitative estimate of drug-likeness (QED) is 0.737. The zero-order valence-corrected chi connectivity index (χ0v) is 8.45. The van der Waals surface area contributed by atoms with Crippen molar-refractivity contribution in [2.24, 2.45) is 0 Å². The second kappa shape index (κ2) is 5.05. The Morgan fingerprint density at radius 1 is 1.36 bits per heavy atom. The van der Waals surface area contributed by atoms with E-state index in [-0.39, 0.29) is 10.8 Å². The first-order valence-corrected chi connectivity index (χ1v) is 4.27. The van der Waals surface area contributed by atoms with Gasteiger partial charge in [0.15, 0.2) is 0 Å². The van der Waals surface area contributed by atoms with Gasteiger partial charge in [-0.3, -0.25) is 0 Å². The average Bonchev–Trinajstić information content (AvgIpc) is 2.11. The summed E-state index contributed by atoms with van der Waals surface area (Å²) in [5.74, 6) is -0.107. The molecule has 1 heterocycles. The molecule has 14 heavy (non-hydrogen) atoms. The average molecular weight is 227 g/mol. The fraction of sp³-hybridized carbons (Fsp3) is 0.375. The van der Waals surface area contributed by atoms with Crippen LogP contribution in [0.5, 0.6) is 0 Å². The second-order valence-corrected chi connectivity index (χ2v) is 2.50. The molecule has 0 atom stereocenters. The maximum atomic E-state index is 12.0. The minimum atomic E-state index is -4.43. The van der Waals surface area contributed by atoms with E-state index in [0.29, 0.717) is 6.20 Å². The lowest BCUT2D eigenvalue weighted by atomic mass is 10.3. The van der Waals surface area contributed by atoms with Crippen LogP contribution < -0.4 is 5.73 Å². The van der Waals surface area contributed by atoms with Gasteiger partial charge in [0.1, 0.15) is 5.82 Å². The zero-order valence-electron chi connectivity index (χ0n) is 7.69. The summed E-state index contributed by atoms with van der Waals surface area (Å²) in [4.78, 5) is 3.27. The van der Waals surface area contributed by atoms with Gasteiger partial charge in [0.25, 0.3) is 0 Å². The van der Waals surface area contributed by atoms with Crippen molar-refractivity contribution in [1.82, 2.24) is 4.98 Å². The molecule has 0 amide bonds. The van der Waals surface area contributed by atoms with Crippen molar-refractivity contribution < 1.29 is 13.2 Å². The van der Waals surface area contributed by atoms with Gasteiger partial charge < -0.3 is 5.73 Å². The van der Waals surface area contributed by atoms with Crippen molar-refractivity contribution in [3.05, 3.63) is 22.8 Å². The Labute approximate surface area is 84.9 Å². The lowest BCUT2D eigenvalue weighted by Gasteiger charge is -2.06. The van der Waals surface area contributed by atoms with E-state index in [2.05, 4.69) is 4.98 Å². The Balaban J connectivity index is 0.000000791. The van der Waals surface area contributed by atoms with Crippen molar-refractivity contribution in [1.29, 1.82) is 0 Å². The lowest BCUT2D eigenvalue weighted by Crippen LogP contribution is -2.06. The first-order chi connectivity index (χ1) is 6.41. The SMILES string of the molecule is CC.Nc1ncc(C(F)(F)F)cc1Cl. The van der Waals surface area contributed by atoms with Crippen LogP contribution in [0.15, 0.2) is 12.3 Å². The molecule has 1 aromatic heterocycles. The molecule has 0 aromatic carbocycles. The highest BCUT2D eigenvalue weighted by molar-refractivity contribution is 6.32. The van der Waals surface area contributed by atoms with Crippen LogP contribution in [0.25, 0.3) is 0 Å². The molecule has 2 nitrogen and oxygen atoms in total. The van der Waals surface area contributed by atoms with E-state index in [1.165, 1.54) is 0 Å². The molecule has 0 saturated heterocycles. The summed E-state index contributed by atoms with van der Waals surface area (Å²) in [5, 5.41) is -0.190. The van der Waals surface area contributed by atoms with Gasteiger partial charge in [-0.05, 0) is 6.07 Å². The van der Waals surface area contributed by atoms with E-state index in [9.17, 15) is 13.2 Å². The highest BCUT2D eigenvalue weighted by Crippen LogP contribution is 2.31. The van der Waals surface area contributed by atoms with Gasteiger partial charge in [0.05, 0.1) is 10.6 Å². The first-order valence-electron chi connectivity index (χ1n) is 3.89. The predicted octanol–water partition coefficient (Wildman–Crippen LogP) is 3.36. The van der Waals surface area contributed by atoms with Crippen LogP contribution in [-0.2, 0) is 6.18 Å². The van der Waals surface area contributed by atoms with E-state index in [0.717, 1.165) is 6.07 Å². The molecule has 0 radical (unpaired) electrons. The van der Waals surface area contributed by atoms with Crippen molar-refractivity contribution in [3.8, 4) is 0 Å². The number of hydrogen-bond acceptors (Lipinski definition) is 2. The largest absolute Gasteiger partial charge is 0.417 e. The Bertz CT molecular complexity index is 299. The first kappa shape index (κ1) is 13.0. The van der Waals surface area contributed by atoms with E-state index in [1.54, 1.807) is 0 Å². The van der Waals surface area contributed by atoms with E-state index in [1.807, 2.05) is 13.8 Å². The normalized spacial score (nSPS) is 10.4. The van der Waals surface area contributed by atoms with E-state index < -0.39 is 11.7 Å². The van der Waals surface area contributed by atoms with Gasteiger partial charge in [-0.2, -0.15) is 13.2 Å². The molecule has 1 aromatic rings. The van der Waals surface area contributed by atoms with Crippen molar-refractivity contribution >= 4 is 17.4 Å². The molecule has 0 aliphatic rings. The smallest absolute Gasteiger partial charge is 0.382 e. The van der Waals surface area contributed by atoms with Gasteiger partial charge in [-0.25, -0.2) is 4.98 Å². The Kier molecular flexibility index (Phi) is 4.70. The number of nitrogens with zero attached hydrogens (tertiary/aromatic N) is 1. The second-order valence-electron chi connectivity index (χ2n) is 2.09. The lowest BCUT2D eigenvalue weighted by molar-refractivity contribution is -0.137. The van der Waals surface area contributed by atoms with Crippen LogP contribution in [-0.4, -0.2) is 4.98 Å². The van der Waals surface area contributed by atoms with Crippen LogP contribution in [0.4, 0.5) is 19.0 Å². The molecule has 6 heteroatoms. The van der Waals surface area contributed by atoms with Crippen LogP contribution in [0, 0.1) is 0 Å². The third kappa shape index (κ3) is 3.41. The minimum absolute atomic E-state index is 0.107. The molecule has 80 valence electrons. The third-order valence-electron chi connectivity index (χ3n) is 1.20. The molecule has 0 spiro atoms. The van der Waals surface area contributed by atoms with Crippen LogP contribution >= 0.6 is 11.6 Å². The number of nitrogens with two attached hydrogens (primary N) is 1. The summed E-state index contributed by atoms with van der Waals surface area (Å²) in [5.41, 5.74) is 4.22. The number of rotatable bonds is 0. The van der Waals surface area contributed by atoms with Gasteiger partial charge in [-0.15, -0.1) is 0 Å². The summed E-state index contributed by atoms with van der Waals surface area (Å²) in [6.07, 6.45) is -3.79. The number of pyridine rings is 1. The van der Waals surface area contributed by atoms with Crippen molar-refractivity contribution in [2.75, 3.05) is 5.73 Å². The highest BCUT2D eigenvalue weighted by atomic mass is 35.5. The standard InChI is InChI=1S/C6H4ClF3N2.C2H6/c7-4-1-3(6(8,9)10)2-12-5(4)11;1-2/h1-2H,(H2,11,12);1-2H3. The van der Waals surface area contributed by atoms with Gasteiger partial charge in [0.2, 0.25) is 0 Å². The van der Waals surface area contributed by atoms with Crippen LogP contribution in [0.2, 0.25) is 5.02 Å². The van der Waals surface area contributed by atoms with E-state index in [4.69, 9.17) is 17.3 Å². The molecule has 0 unspecified atom stereocenters. The van der Waals surface area contributed by atoms with Crippen LogP contribution in [0.1, 0.15) is 19.4 Å². The number of hydrogen-bond donors (Lipinski definition) is 1. The maximum absolute atomic E-state index is 12.0. The fourth-order valence-corrected chi connectivity index (χ4v) is 0.770. The summed E-state index contributed by atoms with van der Waals surface area (Å²) in [7, 11) is 0. The molecular weight excluding hydrogens is 217 g/mol. The molecule has 0 aliphatic carbocycles. The number of anilines is 1. The summed E-state index contributed by atoms with van der Waals surface area (Å²) in [6.45, 7) is 4.00. The monoisotopic (exact) mass is 226 g/mol. The topological polar surface area (TPSA) is 38.9 Å². The predicted molar refractivity (Wildman–Crippen MR) is 50.0 cm³/mol. The molecular formula is C8H10ClF3N2. The molecule has 0 bridgehead atoms. The summed E-state index contributed by atoms with van der Waals surface area (Å²) >= 11 is 5.33. The van der Waals surface area contributed by atoms with Crippen molar-refractivity contribution in [3.63, 3.8) is 0 Å². The molecule has 0 aliphatic heterocycles. The Hall–Kier alpha value is -0.970. The zero-order chi connectivity index (χ0) is 11.4.